The second-order valence-corrected chi connectivity index (χ2v) is 11.4. The highest BCUT2D eigenvalue weighted by Gasteiger charge is 2.66. The highest BCUT2D eigenvalue weighted by molar-refractivity contribution is 8.00. The van der Waals surface area contributed by atoms with Crippen molar-refractivity contribution in [2.45, 2.75) is 48.8 Å². The quantitative estimate of drug-likeness (QED) is 0.428. The van der Waals surface area contributed by atoms with Gasteiger partial charge in [-0.15, -0.1) is 0 Å². The molecular formula is C27H26N2O6S2. The molecule has 0 radical (unpaired) electrons. The standard InChI is InChI=1S/C27H26N2O6S2/c1-3-4-5-15-6-10-17(11-7-15)29-19(30)14-27(25(29)33)20(16-8-12-18(35-2)13-9-16)21-23(28-26(34)36-21)37-22(27)24(31)32/h6-13,20,22H,3-5,14H2,1-2H3,(H,28,34)(H,31,32)/t20-,22-,27-/m0/s1. The number of unbranched alkanes of at least 4 members (excludes halogenated alkanes) is 1. The van der Waals surface area contributed by atoms with Gasteiger partial charge in [-0.25, -0.2) is 4.90 Å². The Morgan fingerprint density at radius 3 is 2.46 bits per heavy atom. The number of aliphatic carboxylic acids is 1. The van der Waals surface area contributed by atoms with Crippen LogP contribution in [-0.2, 0) is 20.8 Å². The van der Waals surface area contributed by atoms with Crippen molar-refractivity contribution < 1.29 is 24.2 Å². The third-order valence-electron chi connectivity index (χ3n) is 7.10. The Morgan fingerprint density at radius 2 is 1.84 bits per heavy atom. The number of rotatable bonds is 7. The topological polar surface area (TPSA) is 117 Å². The molecule has 2 aliphatic rings. The third-order valence-corrected chi connectivity index (χ3v) is 9.60. The fraction of sp³-hybridized carbons (Fsp3) is 0.333. The van der Waals surface area contributed by atoms with Crippen molar-refractivity contribution in [3.63, 3.8) is 0 Å². The van der Waals surface area contributed by atoms with Gasteiger partial charge in [0, 0.05) is 17.2 Å². The second-order valence-electron chi connectivity index (χ2n) is 9.27. The van der Waals surface area contributed by atoms with Gasteiger partial charge in [0.05, 0.1) is 23.2 Å². The molecule has 3 heterocycles. The van der Waals surface area contributed by atoms with Gasteiger partial charge in [0.15, 0.2) is 0 Å². The lowest BCUT2D eigenvalue weighted by Gasteiger charge is -2.42. The average Bonchev–Trinajstić information content (AvgIpc) is 3.38. The van der Waals surface area contributed by atoms with Crippen LogP contribution in [0.2, 0.25) is 0 Å². The molecule has 8 nitrogen and oxygen atoms in total. The first kappa shape index (κ1) is 25.3. The molecular weight excluding hydrogens is 512 g/mol. The fourth-order valence-corrected chi connectivity index (χ4v) is 7.89. The van der Waals surface area contributed by atoms with Gasteiger partial charge in [-0.05, 0) is 48.2 Å². The molecule has 2 aliphatic heterocycles. The van der Waals surface area contributed by atoms with Crippen LogP contribution >= 0.6 is 23.1 Å². The number of nitrogens with one attached hydrogen (secondary N) is 1. The Kier molecular flexibility index (Phi) is 6.72. The van der Waals surface area contributed by atoms with E-state index >= 15 is 0 Å². The number of thioether (sulfide) groups is 1. The normalized spacial score (nSPS) is 22.9. The molecule has 2 amide bonds. The van der Waals surface area contributed by atoms with Crippen LogP contribution in [0.25, 0.3) is 0 Å². The number of carbonyl (C=O) groups is 3. The number of benzene rings is 2. The zero-order valence-electron chi connectivity index (χ0n) is 20.4. The summed E-state index contributed by atoms with van der Waals surface area (Å²) in [5, 5.41) is 9.46. The average molecular weight is 539 g/mol. The molecule has 0 bridgehead atoms. The molecule has 0 unspecified atom stereocenters. The molecule has 0 saturated carbocycles. The molecule has 3 aromatic rings. The van der Waals surface area contributed by atoms with Crippen LogP contribution in [0.1, 0.15) is 48.1 Å². The number of fused-ring (bicyclic) bond motifs is 1. The van der Waals surface area contributed by atoms with E-state index in [2.05, 4.69) is 11.9 Å². The summed E-state index contributed by atoms with van der Waals surface area (Å²) in [5.74, 6) is -2.43. The van der Waals surface area contributed by atoms with E-state index in [4.69, 9.17) is 4.74 Å². The predicted molar refractivity (Wildman–Crippen MR) is 142 cm³/mol. The molecule has 0 aliphatic carbocycles. The summed E-state index contributed by atoms with van der Waals surface area (Å²) in [7, 11) is 1.54. The molecule has 37 heavy (non-hydrogen) atoms. The summed E-state index contributed by atoms with van der Waals surface area (Å²) in [4.78, 5) is 56.9. The summed E-state index contributed by atoms with van der Waals surface area (Å²) < 4.78 is 5.27. The van der Waals surface area contributed by atoms with Crippen molar-refractivity contribution in [1.29, 1.82) is 0 Å². The zero-order valence-corrected chi connectivity index (χ0v) is 22.0. The Morgan fingerprint density at radius 1 is 1.14 bits per heavy atom. The smallest absolute Gasteiger partial charge is 0.318 e. The zero-order chi connectivity index (χ0) is 26.3. The molecule has 192 valence electrons. The summed E-state index contributed by atoms with van der Waals surface area (Å²) in [6.07, 6.45) is 2.71. The number of aromatic amines is 1. The maximum atomic E-state index is 14.3. The van der Waals surface area contributed by atoms with Crippen LogP contribution in [0.4, 0.5) is 5.69 Å². The lowest BCUT2D eigenvalue weighted by atomic mass is 9.67. The second kappa shape index (κ2) is 9.83. The number of carbonyl (C=O) groups excluding carboxylic acids is 2. The monoisotopic (exact) mass is 538 g/mol. The van der Waals surface area contributed by atoms with Gasteiger partial charge in [-0.2, -0.15) is 0 Å². The van der Waals surface area contributed by atoms with E-state index in [-0.39, 0.29) is 11.3 Å². The minimum atomic E-state index is -1.61. The molecule has 5 rings (SSSR count). The van der Waals surface area contributed by atoms with E-state index in [1.54, 1.807) is 36.4 Å². The number of aromatic nitrogens is 1. The SMILES string of the molecule is CCCCc1ccc(N2C(=O)C[C@]3(C2=O)[C@@H](c2ccc(OC)cc2)c2sc(=O)[nH]c2S[C@H]3C(=O)O)cc1. The molecule has 1 spiro atoms. The number of imide groups is 1. The van der Waals surface area contributed by atoms with Crippen molar-refractivity contribution in [2.24, 2.45) is 5.41 Å². The number of anilines is 1. The van der Waals surface area contributed by atoms with Crippen LogP contribution in [0.3, 0.4) is 0 Å². The van der Waals surface area contributed by atoms with Gasteiger partial charge >= 0.3 is 10.8 Å². The van der Waals surface area contributed by atoms with Crippen LogP contribution < -0.4 is 14.5 Å². The van der Waals surface area contributed by atoms with Crippen LogP contribution in [-0.4, -0.2) is 40.2 Å². The highest BCUT2D eigenvalue weighted by Crippen LogP contribution is 2.61. The minimum Gasteiger partial charge on any atom is -0.497 e. The van der Waals surface area contributed by atoms with Crippen molar-refractivity contribution in [3.05, 3.63) is 74.2 Å². The van der Waals surface area contributed by atoms with Gasteiger partial charge < -0.3 is 14.8 Å². The lowest BCUT2D eigenvalue weighted by Crippen LogP contribution is -2.51. The van der Waals surface area contributed by atoms with E-state index in [0.29, 0.717) is 26.9 Å². The van der Waals surface area contributed by atoms with Crippen LogP contribution in [0.15, 0.2) is 58.4 Å². The third kappa shape index (κ3) is 4.18. The Bertz CT molecular complexity index is 1410. The number of hydrogen-bond acceptors (Lipinski definition) is 7. The van der Waals surface area contributed by atoms with E-state index in [1.165, 1.54) is 7.11 Å². The molecule has 2 aromatic carbocycles. The van der Waals surface area contributed by atoms with Crippen molar-refractivity contribution in [2.75, 3.05) is 12.0 Å². The van der Waals surface area contributed by atoms with Gasteiger partial charge in [-0.1, -0.05) is 60.7 Å². The van der Waals surface area contributed by atoms with E-state index in [0.717, 1.165) is 52.8 Å². The largest absolute Gasteiger partial charge is 0.497 e. The number of amides is 2. The molecule has 1 saturated heterocycles. The summed E-state index contributed by atoms with van der Waals surface area (Å²) >= 11 is 1.88. The molecule has 1 aromatic heterocycles. The molecule has 2 N–H and O–H groups in total. The van der Waals surface area contributed by atoms with E-state index < -0.39 is 34.4 Å². The first-order valence-electron chi connectivity index (χ1n) is 12.0. The van der Waals surface area contributed by atoms with Crippen LogP contribution in [0, 0.1) is 5.41 Å². The summed E-state index contributed by atoms with van der Waals surface area (Å²) in [6.45, 7) is 2.11. The van der Waals surface area contributed by atoms with E-state index in [9.17, 15) is 24.3 Å². The molecule has 1 fully saturated rings. The number of H-pyrrole nitrogens is 1. The van der Waals surface area contributed by atoms with Gasteiger partial charge in [0.25, 0.3) is 0 Å². The van der Waals surface area contributed by atoms with Crippen molar-refractivity contribution in [1.82, 2.24) is 4.98 Å². The first-order valence-corrected chi connectivity index (χ1v) is 13.7. The van der Waals surface area contributed by atoms with Crippen molar-refractivity contribution >= 4 is 46.6 Å². The van der Waals surface area contributed by atoms with Crippen molar-refractivity contribution in [3.8, 4) is 5.75 Å². The summed E-state index contributed by atoms with van der Waals surface area (Å²) in [5.41, 5.74) is 0.555. The highest BCUT2D eigenvalue weighted by atomic mass is 32.2. The fourth-order valence-electron chi connectivity index (χ4n) is 5.34. The Balaban J connectivity index is 1.65. The number of hydrogen-bond donors (Lipinski definition) is 2. The number of carboxylic acid groups (broad SMARTS) is 1. The minimum absolute atomic E-state index is 0.282. The Labute approximate surface area is 221 Å². The molecule has 3 atom stereocenters. The number of aryl methyl sites for hydroxylation is 1. The number of carboxylic acids is 1. The number of thiazole rings is 1. The first-order chi connectivity index (χ1) is 17.8. The Hall–Kier alpha value is -3.37. The number of ether oxygens (including phenoxy) is 1. The van der Waals surface area contributed by atoms with E-state index in [1.807, 2.05) is 12.1 Å². The van der Waals surface area contributed by atoms with Crippen LogP contribution in [0.5, 0.6) is 5.75 Å². The molecule has 10 heteroatoms. The maximum absolute atomic E-state index is 14.3. The predicted octanol–water partition coefficient (Wildman–Crippen LogP) is 4.43. The summed E-state index contributed by atoms with van der Waals surface area (Å²) in [6, 6.07) is 14.3. The van der Waals surface area contributed by atoms with Gasteiger partial charge in [0.2, 0.25) is 11.8 Å². The van der Waals surface area contributed by atoms with Gasteiger partial charge in [-0.3, -0.25) is 19.2 Å². The van der Waals surface area contributed by atoms with Gasteiger partial charge in [0.1, 0.15) is 11.0 Å². The maximum Gasteiger partial charge on any atom is 0.318 e. The lowest BCUT2D eigenvalue weighted by molar-refractivity contribution is -0.143. The number of methoxy groups -OCH3 is 1. The number of nitrogens with zero attached hydrogens (tertiary/aromatic N) is 1.